The van der Waals surface area contributed by atoms with E-state index in [1.165, 1.54) is 6.07 Å². The van der Waals surface area contributed by atoms with E-state index in [9.17, 15) is 4.79 Å². The van der Waals surface area contributed by atoms with Crippen LogP contribution in [0.25, 0.3) is 0 Å². The molecule has 0 heterocycles. The number of aryl methyl sites for hydroxylation is 2. The zero-order chi connectivity index (χ0) is 14.7. The van der Waals surface area contributed by atoms with E-state index >= 15 is 0 Å². The van der Waals surface area contributed by atoms with Gasteiger partial charge < -0.3 is 10.5 Å². The van der Waals surface area contributed by atoms with Crippen molar-refractivity contribution in [3.63, 3.8) is 0 Å². The molecule has 0 aliphatic carbocycles. The highest BCUT2D eigenvalue weighted by molar-refractivity contribution is 6.31. The first-order valence-electron chi connectivity index (χ1n) is 6.25. The molecule has 2 aromatic carbocycles. The number of nitrogens with two attached hydrogens (primary N) is 1. The quantitative estimate of drug-likeness (QED) is 0.689. The van der Waals surface area contributed by atoms with Crippen LogP contribution in [0.2, 0.25) is 5.02 Å². The molecule has 104 valence electrons. The van der Waals surface area contributed by atoms with Crippen molar-refractivity contribution in [3.8, 4) is 0 Å². The Morgan fingerprint density at radius 1 is 1.20 bits per heavy atom. The molecule has 0 fully saturated rings. The maximum atomic E-state index is 12.0. The number of halogens is 1. The van der Waals surface area contributed by atoms with Crippen LogP contribution in [0.15, 0.2) is 36.4 Å². The minimum Gasteiger partial charge on any atom is -0.457 e. The van der Waals surface area contributed by atoms with E-state index in [0.29, 0.717) is 16.3 Å². The minimum absolute atomic E-state index is 0.231. The molecule has 20 heavy (non-hydrogen) atoms. The fourth-order valence-electron chi connectivity index (χ4n) is 1.90. The van der Waals surface area contributed by atoms with E-state index < -0.39 is 5.97 Å². The number of carbonyl (C=O) groups excluding carboxylic acids is 1. The molecule has 0 aromatic heterocycles. The number of carbonyl (C=O) groups is 1. The third-order valence-electron chi connectivity index (χ3n) is 3.10. The Balaban J connectivity index is 2.10. The minimum atomic E-state index is -0.444. The summed E-state index contributed by atoms with van der Waals surface area (Å²) in [5.74, 6) is -0.444. The van der Waals surface area contributed by atoms with Gasteiger partial charge in [0.1, 0.15) is 6.61 Å². The number of benzene rings is 2. The molecule has 0 saturated heterocycles. The van der Waals surface area contributed by atoms with Gasteiger partial charge in [-0.05, 0) is 43.2 Å². The molecule has 2 rings (SSSR count). The molecule has 4 heteroatoms. The van der Waals surface area contributed by atoms with Crippen molar-refractivity contribution < 1.29 is 9.53 Å². The average Bonchev–Trinajstić information content (AvgIpc) is 2.39. The Labute approximate surface area is 123 Å². The van der Waals surface area contributed by atoms with Crippen molar-refractivity contribution in [3.05, 3.63) is 63.7 Å². The molecule has 0 unspecified atom stereocenters. The summed E-state index contributed by atoms with van der Waals surface area (Å²) in [6, 6.07) is 10.8. The van der Waals surface area contributed by atoms with E-state index in [4.69, 9.17) is 22.1 Å². The highest BCUT2D eigenvalue weighted by Gasteiger charge is 2.12. The van der Waals surface area contributed by atoms with Gasteiger partial charge in [0.15, 0.2) is 0 Å². The van der Waals surface area contributed by atoms with Gasteiger partial charge in [0.2, 0.25) is 0 Å². The highest BCUT2D eigenvalue weighted by Crippen LogP contribution is 2.20. The number of rotatable bonds is 3. The zero-order valence-corrected chi connectivity index (χ0v) is 12.2. The summed E-state index contributed by atoms with van der Waals surface area (Å²) in [5, 5.41) is 0.494. The Morgan fingerprint density at radius 2 is 1.95 bits per heavy atom. The number of nitrogen functional groups attached to an aromatic ring is 1. The number of hydrogen-bond acceptors (Lipinski definition) is 3. The summed E-state index contributed by atoms with van der Waals surface area (Å²) in [5.41, 5.74) is 9.63. The summed E-state index contributed by atoms with van der Waals surface area (Å²) in [6.07, 6.45) is 0. The molecule has 0 amide bonds. The number of ether oxygens (including phenoxy) is 1. The van der Waals surface area contributed by atoms with Gasteiger partial charge in [-0.1, -0.05) is 35.4 Å². The van der Waals surface area contributed by atoms with Gasteiger partial charge in [-0.3, -0.25) is 0 Å². The lowest BCUT2D eigenvalue weighted by atomic mass is 10.1. The van der Waals surface area contributed by atoms with Crippen LogP contribution < -0.4 is 5.73 Å². The molecule has 0 atom stereocenters. The van der Waals surface area contributed by atoms with Gasteiger partial charge in [0.25, 0.3) is 0 Å². The van der Waals surface area contributed by atoms with Crippen LogP contribution in [0.4, 0.5) is 5.69 Å². The lowest BCUT2D eigenvalue weighted by Crippen LogP contribution is -2.08. The molecule has 0 aliphatic heterocycles. The third kappa shape index (κ3) is 3.31. The van der Waals surface area contributed by atoms with Gasteiger partial charge in [-0.15, -0.1) is 0 Å². The highest BCUT2D eigenvalue weighted by atomic mass is 35.5. The topological polar surface area (TPSA) is 52.3 Å². The fraction of sp³-hybridized carbons (Fsp3) is 0.188. The maximum Gasteiger partial charge on any atom is 0.340 e. The largest absolute Gasteiger partial charge is 0.457 e. The summed E-state index contributed by atoms with van der Waals surface area (Å²) in [6.45, 7) is 4.22. The second-order valence-electron chi connectivity index (χ2n) is 4.74. The van der Waals surface area contributed by atoms with Crippen molar-refractivity contribution >= 4 is 23.3 Å². The first kappa shape index (κ1) is 14.4. The van der Waals surface area contributed by atoms with Crippen molar-refractivity contribution in [1.82, 2.24) is 0 Å². The molecular formula is C16H16ClNO2. The number of anilines is 1. The lowest BCUT2D eigenvalue weighted by molar-refractivity contribution is 0.0473. The predicted molar refractivity (Wildman–Crippen MR) is 80.9 cm³/mol. The summed E-state index contributed by atoms with van der Waals surface area (Å²) in [4.78, 5) is 12.0. The average molecular weight is 290 g/mol. The van der Waals surface area contributed by atoms with Crippen LogP contribution in [0.1, 0.15) is 27.0 Å². The molecule has 3 nitrogen and oxygen atoms in total. The molecule has 0 bridgehead atoms. The van der Waals surface area contributed by atoms with Gasteiger partial charge in [-0.2, -0.15) is 0 Å². The van der Waals surface area contributed by atoms with Crippen molar-refractivity contribution in [2.75, 3.05) is 5.73 Å². The van der Waals surface area contributed by atoms with Crippen LogP contribution in [0, 0.1) is 13.8 Å². The molecule has 0 spiro atoms. The zero-order valence-electron chi connectivity index (χ0n) is 11.4. The summed E-state index contributed by atoms with van der Waals surface area (Å²) < 4.78 is 5.31. The normalized spacial score (nSPS) is 10.3. The van der Waals surface area contributed by atoms with Crippen molar-refractivity contribution in [2.45, 2.75) is 20.5 Å². The van der Waals surface area contributed by atoms with Crippen LogP contribution in [-0.4, -0.2) is 5.97 Å². The van der Waals surface area contributed by atoms with Crippen LogP contribution in [0.3, 0.4) is 0 Å². The first-order chi connectivity index (χ1) is 9.47. The van der Waals surface area contributed by atoms with Crippen molar-refractivity contribution in [2.24, 2.45) is 0 Å². The third-order valence-corrected chi connectivity index (χ3v) is 3.33. The van der Waals surface area contributed by atoms with Crippen LogP contribution in [-0.2, 0) is 11.3 Å². The monoisotopic (exact) mass is 289 g/mol. The van der Waals surface area contributed by atoms with Gasteiger partial charge in [0, 0.05) is 10.7 Å². The second kappa shape index (κ2) is 5.97. The standard InChI is InChI=1S/C16H16ClNO2/c1-10-3-4-11(2)12(7-10)9-20-16(19)14-6-5-13(17)8-15(14)18/h3-8H,9,18H2,1-2H3. The Morgan fingerprint density at radius 3 is 2.65 bits per heavy atom. The van der Waals surface area contributed by atoms with E-state index in [1.54, 1.807) is 12.1 Å². The lowest BCUT2D eigenvalue weighted by Gasteiger charge is -2.10. The van der Waals surface area contributed by atoms with Crippen molar-refractivity contribution in [1.29, 1.82) is 0 Å². The smallest absolute Gasteiger partial charge is 0.340 e. The summed E-state index contributed by atoms with van der Waals surface area (Å²) in [7, 11) is 0. The number of esters is 1. The molecular weight excluding hydrogens is 274 g/mol. The molecule has 2 N–H and O–H groups in total. The van der Waals surface area contributed by atoms with E-state index in [0.717, 1.165) is 16.7 Å². The molecule has 0 saturated carbocycles. The van der Waals surface area contributed by atoms with E-state index in [2.05, 4.69) is 0 Å². The Bertz CT molecular complexity index is 653. The van der Waals surface area contributed by atoms with Gasteiger partial charge in [0.05, 0.1) is 5.56 Å². The SMILES string of the molecule is Cc1ccc(C)c(COC(=O)c2ccc(Cl)cc2N)c1. The van der Waals surface area contributed by atoms with Gasteiger partial charge >= 0.3 is 5.97 Å². The molecule has 0 radical (unpaired) electrons. The predicted octanol–water partition coefficient (Wildman–Crippen LogP) is 3.90. The van der Waals surface area contributed by atoms with E-state index in [-0.39, 0.29) is 6.61 Å². The Kier molecular flexibility index (Phi) is 4.30. The number of hydrogen-bond donors (Lipinski definition) is 1. The van der Waals surface area contributed by atoms with Crippen LogP contribution >= 0.6 is 11.6 Å². The maximum absolute atomic E-state index is 12.0. The first-order valence-corrected chi connectivity index (χ1v) is 6.63. The van der Waals surface area contributed by atoms with Crippen LogP contribution in [0.5, 0.6) is 0 Å². The summed E-state index contributed by atoms with van der Waals surface area (Å²) >= 11 is 5.80. The molecule has 0 aliphatic rings. The van der Waals surface area contributed by atoms with Gasteiger partial charge in [-0.25, -0.2) is 4.79 Å². The second-order valence-corrected chi connectivity index (χ2v) is 5.17. The Hall–Kier alpha value is -2.00. The molecule has 2 aromatic rings. The van der Waals surface area contributed by atoms with E-state index in [1.807, 2.05) is 32.0 Å². The fourth-order valence-corrected chi connectivity index (χ4v) is 2.08.